The van der Waals surface area contributed by atoms with Crippen LogP contribution in [0.2, 0.25) is 0 Å². The van der Waals surface area contributed by atoms with Crippen molar-refractivity contribution in [1.82, 2.24) is 0 Å². The van der Waals surface area contributed by atoms with Gasteiger partial charge in [-0.25, -0.2) is 0 Å². The van der Waals surface area contributed by atoms with Gasteiger partial charge in [-0.1, -0.05) is 30.3 Å². The van der Waals surface area contributed by atoms with Gasteiger partial charge in [0.2, 0.25) is 0 Å². The second-order valence-electron chi connectivity index (χ2n) is 6.52. The Bertz CT molecular complexity index is 695. The van der Waals surface area contributed by atoms with Crippen molar-refractivity contribution in [2.75, 3.05) is 27.0 Å². The van der Waals surface area contributed by atoms with Crippen LogP contribution in [-0.4, -0.2) is 56.5 Å². The number of benzene rings is 1. The molecule has 8 nitrogen and oxygen atoms in total. The third-order valence-electron chi connectivity index (χ3n) is 3.99. The first-order valence-electron chi connectivity index (χ1n) is 8.43. The average Bonchev–Trinajstić information content (AvgIpc) is 2.98. The third-order valence-corrected chi connectivity index (χ3v) is 5.80. The molecular formula is C18H25O8P. The van der Waals surface area contributed by atoms with Crippen molar-refractivity contribution >= 4 is 19.2 Å². The smallest absolute Gasteiger partial charge is 0.337 e. The van der Waals surface area contributed by atoms with E-state index in [0.29, 0.717) is 0 Å². The lowest BCUT2D eigenvalue weighted by molar-refractivity contribution is -0.159. The van der Waals surface area contributed by atoms with Crippen LogP contribution in [0, 0.1) is 0 Å². The molecule has 1 unspecified atom stereocenters. The van der Waals surface area contributed by atoms with Crippen LogP contribution in [0.4, 0.5) is 0 Å². The summed E-state index contributed by atoms with van der Waals surface area (Å²) in [5.74, 6) is -2.15. The van der Waals surface area contributed by atoms with Crippen LogP contribution in [0.15, 0.2) is 30.3 Å². The highest BCUT2D eigenvalue weighted by Gasteiger charge is 2.49. The summed E-state index contributed by atoms with van der Waals surface area (Å²) in [6.07, 6.45) is -2.87. The lowest BCUT2D eigenvalue weighted by Crippen LogP contribution is -2.40. The highest BCUT2D eigenvalue weighted by Crippen LogP contribution is 2.47. The van der Waals surface area contributed by atoms with Crippen molar-refractivity contribution in [2.24, 2.45) is 0 Å². The second-order valence-corrected chi connectivity index (χ2v) is 8.79. The lowest BCUT2D eigenvalue weighted by Gasteiger charge is -2.18. The molecule has 150 valence electrons. The minimum Gasteiger partial charge on any atom is -0.369 e. The molecule has 0 aliphatic carbocycles. The average molecular weight is 400 g/mol. The van der Waals surface area contributed by atoms with E-state index in [0.717, 1.165) is 5.56 Å². The van der Waals surface area contributed by atoms with Crippen LogP contribution in [0.3, 0.4) is 0 Å². The Morgan fingerprint density at radius 1 is 1.04 bits per heavy atom. The summed E-state index contributed by atoms with van der Waals surface area (Å²) >= 11 is 0. The Morgan fingerprint density at radius 2 is 1.59 bits per heavy atom. The van der Waals surface area contributed by atoms with Crippen molar-refractivity contribution in [1.29, 1.82) is 0 Å². The Balaban J connectivity index is 2.00. The third kappa shape index (κ3) is 6.04. The Labute approximate surface area is 158 Å². The number of hydrogen-bond donors (Lipinski definition) is 0. The van der Waals surface area contributed by atoms with Gasteiger partial charge in [0.15, 0.2) is 29.6 Å². The van der Waals surface area contributed by atoms with E-state index in [9.17, 15) is 14.2 Å². The van der Waals surface area contributed by atoms with Crippen LogP contribution in [-0.2, 0) is 44.0 Å². The van der Waals surface area contributed by atoms with Crippen LogP contribution >= 0.6 is 7.60 Å². The van der Waals surface area contributed by atoms with Gasteiger partial charge < -0.3 is 23.3 Å². The fourth-order valence-electron chi connectivity index (χ4n) is 2.64. The summed E-state index contributed by atoms with van der Waals surface area (Å²) in [4.78, 5) is 25.1. The molecule has 2 rings (SSSR count). The van der Waals surface area contributed by atoms with Gasteiger partial charge in [-0.05, 0) is 19.4 Å². The van der Waals surface area contributed by atoms with Crippen molar-refractivity contribution in [2.45, 2.75) is 38.4 Å². The molecule has 1 heterocycles. The molecule has 0 N–H and O–H groups in total. The predicted molar refractivity (Wildman–Crippen MR) is 96.4 cm³/mol. The number of ether oxygens (including phenoxy) is 3. The van der Waals surface area contributed by atoms with Gasteiger partial charge in [0.25, 0.3) is 0 Å². The highest BCUT2D eigenvalue weighted by atomic mass is 31.2. The minimum atomic E-state index is -3.58. The van der Waals surface area contributed by atoms with Crippen molar-refractivity contribution in [3.63, 3.8) is 0 Å². The van der Waals surface area contributed by atoms with Crippen LogP contribution in [0.1, 0.15) is 19.4 Å². The van der Waals surface area contributed by atoms with E-state index in [1.165, 1.54) is 14.2 Å². The number of carbonyl (C=O) groups is 2. The summed E-state index contributed by atoms with van der Waals surface area (Å²) < 4.78 is 38.4. The van der Waals surface area contributed by atoms with E-state index in [-0.39, 0.29) is 13.2 Å². The number of ketones is 2. The molecule has 0 radical (unpaired) electrons. The van der Waals surface area contributed by atoms with Gasteiger partial charge in [-0.3, -0.25) is 14.2 Å². The Kier molecular flexibility index (Phi) is 7.45. The first-order valence-corrected chi connectivity index (χ1v) is 10.2. The van der Waals surface area contributed by atoms with E-state index >= 15 is 0 Å². The zero-order chi connectivity index (χ0) is 20.1. The molecule has 1 aliphatic heterocycles. The number of Topliss-reactive ketones (excluding diaryl/α,β-unsaturated/α-hetero) is 2. The molecule has 0 saturated carbocycles. The maximum atomic E-state index is 12.5. The largest absolute Gasteiger partial charge is 0.369 e. The van der Waals surface area contributed by atoms with Crippen LogP contribution in [0.25, 0.3) is 0 Å². The monoisotopic (exact) mass is 400 g/mol. The standard InChI is InChI=1S/C18H25O8P/c1-18(2)25-16(14(19)11-24-10-13-8-6-5-7-9-13)17(26-18)15(20)12-27(21,22-3)23-4/h5-9,16-17H,10-12H2,1-4H3/t16?,17-/m0/s1. The maximum Gasteiger partial charge on any atom is 0.337 e. The van der Waals surface area contributed by atoms with Gasteiger partial charge >= 0.3 is 7.60 Å². The summed E-state index contributed by atoms with van der Waals surface area (Å²) in [5, 5.41) is 0. The molecule has 0 spiro atoms. The fraction of sp³-hybridized carbons (Fsp3) is 0.556. The van der Waals surface area contributed by atoms with E-state index in [2.05, 4.69) is 0 Å². The normalized spacial score (nSPS) is 21.9. The van der Waals surface area contributed by atoms with Crippen molar-refractivity contribution in [3.05, 3.63) is 35.9 Å². The summed E-state index contributed by atoms with van der Waals surface area (Å²) in [7, 11) is -1.20. The molecular weight excluding hydrogens is 375 g/mol. The SMILES string of the molecule is COP(=O)(CC(=O)[C@@H]1OC(C)(C)OC1C(=O)COCc1ccccc1)OC. The molecule has 0 bridgehead atoms. The van der Waals surface area contributed by atoms with E-state index in [1.807, 2.05) is 30.3 Å². The first-order chi connectivity index (χ1) is 12.7. The maximum absolute atomic E-state index is 12.5. The lowest BCUT2D eigenvalue weighted by atomic mass is 10.1. The van der Waals surface area contributed by atoms with E-state index < -0.39 is 43.3 Å². The molecule has 1 saturated heterocycles. The topological polar surface area (TPSA) is 97.4 Å². The molecule has 2 atom stereocenters. The zero-order valence-electron chi connectivity index (χ0n) is 15.9. The molecule has 1 aromatic carbocycles. The number of rotatable bonds is 10. The zero-order valence-corrected chi connectivity index (χ0v) is 16.8. The quantitative estimate of drug-likeness (QED) is 0.552. The van der Waals surface area contributed by atoms with Crippen LogP contribution in [0.5, 0.6) is 0 Å². The molecule has 0 amide bonds. The molecule has 0 aromatic heterocycles. The number of hydrogen-bond acceptors (Lipinski definition) is 8. The predicted octanol–water partition coefficient (Wildman–Crippen LogP) is 2.35. The second kappa shape index (κ2) is 9.19. The number of carbonyl (C=O) groups excluding carboxylic acids is 2. The van der Waals surface area contributed by atoms with Gasteiger partial charge in [-0.15, -0.1) is 0 Å². The van der Waals surface area contributed by atoms with Crippen molar-refractivity contribution in [3.8, 4) is 0 Å². The minimum absolute atomic E-state index is 0.241. The Hall–Kier alpha value is -1.41. The molecule has 1 fully saturated rings. The van der Waals surface area contributed by atoms with Gasteiger partial charge in [0.1, 0.15) is 12.8 Å². The van der Waals surface area contributed by atoms with Crippen molar-refractivity contribution < 1.29 is 37.4 Å². The summed E-state index contributed by atoms with van der Waals surface area (Å²) in [6.45, 7) is 3.20. The van der Waals surface area contributed by atoms with Gasteiger partial charge in [0.05, 0.1) is 6.61 Å². The summed E-state index contributed by atoms with van der Waals surface area (Å²) in [6, 6.07) is 9.38. The fourth-order valence-corrected chi connectivity index (χ4v) is 3.61. The molecule has 1 aliphatic rings. The highest BCUT2D eigenvalue weighted by molar-refractivity contribution is 7.54. The first kappa shape index (κ1) is 21.9. The van der Waals surface area contributed by atoms with E-state index in [4.69, 9.17) is 23.3 Å². The molecule has 27 heavy (non-hydrogen) atoms. The van der Waals surface area contributed by atoms with E-state index in [1.54, 1.807) is 13.8 Å². The van der Waals surface area contributed by atoms with Gasteiger partial charge in [-0.2, -0.15) is 0 Å². The van der Waals surface area contributed by atoms with Gasteiger partial charge in [0, 0.05) is 14.2 Å². The Morgan fingerprint density at radius 3 is 2.15 bits per heavy atom. The molecule has 9 heteroatoms. The van der Waals surface area contributed by atoms with Crippen LogP contribution < -0.4 is 0 Å². The molecule has 1 aromatic rings. The summed E-state index contributed by atoms with van der Waals surface area (Å²) in [5.41, 5.74) is 0.919.